The van der Waals surface area contributed by atoms with Crippen LogP contribution < -0.4 is 10.9 Å². The van der Waals surface area contributed by atoms with Crippen molar-refractivity contribution in [3.8, 4) is 0 Å². The quantitative estimate of drug-likeness (QED) is 0.482. The summed E-state index contributed by atoms with van der Waals surface area (Å²) < 4.78 is 0. The highest BCUT2D eigenvalue weighted by Gasteiger charge is 2.19. The van der Waals surface area contributed by atoms with Gasteiger partial charge in [0, 0.05) is 17.4 Å². The van der Waals surface area contributed by atoms with Crippen molar-refractivity contribution in [2.24, 2.45) is 0 Å². The molecule has 0 unspecified atom stereocenters. The molecule has 1 heterocycles. The zero-order chi connectivity index (χ0) is 18.6. The Hall–Kier alpha value is -2.26. The van der Waals surface area contributed by atoms with Gasteiger partial charge in [-0.25, -0.2) is 4.98 Å². The van der Waals surface area contributed by atoms with Crippen LogP contribution in [0.5, 0.6) is 0 Å². The lowest BCUT2D eigenvalue weighted by molar-refractivity contribution is 1.14. The van der Waals surface area contributed by atoms with Crippen molar-refractivity contribution in [2.75, 3.05) is 0 Å². The number of aromatic nitrogens is 2. The van der Waals surface area contributed by atoms with Crippen molar-refractivity contribution < 1.29 is 0 Å². The van der Waals surface area contributed by atoms with Gasteiger partial charge < -0.3 is 4.98 Å². The van der Waals surface area contributed by atoms with E-state index in [2.05, 4.69) is 72.4 Å². The number of aryl methyl sites for hydroxylation is 1. The predicted octanol–water partition coefficient (Wildman–Crippen LogP) is 5.02. The molecule has 0 spiro atoms. The Bertz CT molecular complexity index is 767. The maximum Gasteiger partial charge on any atom is 0.210 e. The predicted molar refractivity (Wildman–Crippen MR) is 115 cm³/mol. The summed E-state index contributed by atoms with van der Waals surface area (Å²) in [5.74, 6) is 0. The van der Waals surface area contributed by atoms with E-state index < -0.39 is 0 Å². The Morgan fingerprint density at radius 1 is 1.12 bits per heavy atom. The first kappa shape index (κ1) is 20.1. The lowest BCUT2D eigenvalue weighted by Crippen LogP contribution is -2.43. The number of allylic oxidation sites excluding steroid dienone is 2. The highest BCUT2D eigenvalue weighted by molar-refractivity contribution is 6.85. The van der Waals surface area contributed by atoms with Gasteiger partial charge in [-0.2, -0.15) is 0 Å². The molecule has 1 aromatic heterocycles. The molecule has 134 valence electrons. The molecule has 4 heteroatoms. The maximum absolute atomic E-state index is 6.19. The highest BCUT2D eigenvalue weighted by atomic mass is 35.5. The SMILES string of the molecule is CCC=CCCB(c1cccc(Cl)c1)c1ccccc1C.c1c[nH]cn1. The van der Waals surface area contributed by atoms with Crippen LogP contribution in [0, 0.1) is 6.92 Å². The molecule has 3 rings (SSSR count). The van der Waals surface area contributed by atoms with Crippen molar-refractivity contribution in [3.63, 3.8) is 0 Å². The van der Waals surface area contributed by atoms with Crippen LogP contribution in [-0.2, 0) is 0 Å². The molecular formula is C22H26BClN2. The van der Waals surface area contributed by atoms with Crippen LogP contribution in [0.2, 0.25) is 11.3 Å². The highest BCUT2D eigenvalue weighted by Crippen LogP contribution is 2.09. The van der Waals surface area contributed by atoms with Crippen LogP contribution in [0.3, 0.4) is 0 Å². The van der Waals surface area contributed by atoms with Crippen LogP contribution in [0.1, 0.15) is 25.3 Å². The number of hydrogen-bond acceptors (Lipinski definition) is 1. The van der Waals surface area contributed by atoms with E-state index in [1.807, 2.05) is 12.1 Å². The summed E-state index contributed by atoms with van der Waals surface area (Å²) in [7, 11) is 0. The van der Waals surface area contributed by atoms with E-state index in [0.717, 1.165) is 24.2 Å². The van der Waals surface area contributed by atoms with Crippen LogP contribution in [0.25, 0.3) is 0 Å². The molecule has 0 fully saturated rings. The molecule has 2 aromatic carbocycles. The molecule has 26 heavy (non-hydrogen) atoms. The molecule has 0 bridgehead atoms. The summed E-state index contributed by atoms with van der Waals surface area (Å²) in [6.45, 7) is 4.77. The van der Waals surface area contributed by atoms with Crippen LogP contribution >= 0.6 is 11.6 Å². The zero-order valence-electron chi connectivity index (χ0n) is 15.5. The number of benzene rings is 2. The van der Waals surface area contributed by atoms with Gasteiger partial charge in [0.2, 0.25) is 6.71 Å². The molecule has 0 saturated carbocycles. The first-order chi connectivity index (χ1) is 12.7. The first-order valence-corrected chi connectivity index (χ1v) is 9.49. The van der Waals surface area contributed by atoms with Gasteiger partial charge in [0.25, 0.3) is 0 Å². The molecule has 0 atom stereocenters. The molecule has 0 amide bonds. The third-order valence-corrected chi connectivity index (χ3v) is 4.48. The van der Waals surface area contributed by atoms with E-state index in [9.17, 15) is 0 Å². The maximum atomic E-state index is 6.19. The Labute approximate surface area is 162 Å². The molecule has 0 aliphatic heterocycles. The molecule has 2 nitrogen and oxygen atoms in total. The van der Waals surface area contributed by atoms with Gasteiger partial charge in [-0.05, 0) is 31.9 Å². The second-order valence-corrected chi connectivity index (χ2v) is 6.62. The lowest BCUT2D eigenvalue weighted by atomic mass is 9.37. The van der Waals surface area contributed by atoms with E-state index in [0.29, 0.717) is 6.71 Å². The van der Waals surface area contributed by atoms with E-state index in [1.165, 1.54) is 16.5 Å². The number of halogens is 1. The smallest absolute Gasteiger partial charge is 0.210 e. The first-order valence-electron chi connectivity index (χ1n) is 9.11. The van der Waals surface area contributed by atoms with Crippen molar-refractivity contribution in [3.05, 3.63) is 90.0 Å². The van der Waals surface area contributed by atoms with Crippen molar-refractivity contribution in [1.82, 2.24) is 9.97 Å². The van der Waals surface area contributed by atoms with Gasteiger partial charge in [-0.1, -0.05) is 89.9 Å². The minimum atomic E-state index is 0.409. The molecule has 0 radical (unpaired) electrons. The summed E-state index contributed by atoms with van der Waals surface area (Å²) in [6.07, 6.45) is 12.9. The Morgan fingerprint density at radius 2 is 1.96 bits per heavy atom. The van der Waals surface area contributed by atoms with Gasteiger partial charge in [-0.15, -0.1) is 0 Å². The molecule has 0 saturated heterocycles. The Balaban J connectivity index is 0.000000417. The van der Waals surface area contributed by atoms with Crippen molar-refractivity contribution in [1.29, 1.82) is 0 Å². The van der Waals surface area contributed by atoms with Gasteiger partial charge in [0.05, 0.1) is 6.33 Å². The van der Waals surface area contributed by atoms with E-state index in [1.54, 1.807) is 18.7 Å². The number of nitrogens with zero attached hydrogens (tertiary/aromatic N) is 1. The third kappa shape index (κ3) is 6.57. The van der Waals surface area contributed by atoms with E-state index in [4.69, 9.17) is 11.6 Å². The number of nitrogens with one attached hydrogen (secondary N) is 1. The standard InChI is InChI=1S/C19H22BCl.C3H4N2/c1-3-4-5-8-14-20(17-11-9-12-18(21)15-17)19-13-7-6-10-16(19)2;1-2-5-3-4-1/h4-7,9-13,15H,3,8,14H2,1-2H3;1-3H,(H,4,5). The largest absolute Gasteiger partial charge is 0.351 e. The molecule has 3 aromatic rings. The third-order valence-electron chi connectivity index (χ3n) is 4.25. The van der Waals surface area contributed by atoms with Crippen LogP contribution in [0.4, 0.5) is 0 Å². The van der Waals surface area contributed by atoms with Gasteiger partial charge in [0.1, 0.15) is 0 Å². The summed E-state index contributed by atoms with van der Waals surface area (Å²) in [4.78, 5) is 6.42. The zero-order valence-corrected chi connectivity index (χ0v) is 16.3. The Kier molecular flexibility index (Phi) is 8.78. The van der Waals surface area contributed by atoms with Crippen LogP contribution in [0.15, 0.2) is 79.4 Å². The average Bonchev–Trinajstić information content (AvgIpc) is 3.23. The van der Waals surface area contributed by atoms with E-state index in [-0.39, 0.29) is 0 Å². The summed E-state index contributed by atoms with van der Waals surface area (Å²) in [5, 5.41) is 0.815. The fourth-order valence-corrected chi connectivity index (χ4v) is 3.16. The van der Waals surface area contributed by atoms with Gasteiger partial charge >= 0.3 is 0 Å². The number of H-pyrrole nitrogens is 1. The lowest BCUT2D eigenvalue weighted by Gasteiger charge is -2.16. The number of rotatable bonds is 6. The fourth-order valence-electron chi connectivity index (χ4n) is 2.97. The summed E-state index contributed by atoms with van der Waals surface area (Å²) in [6, 6.07) is 16.9. The topological polar surface area (TPSA) is 28.7 Å². The van der Waals surface area contributed by atoms with Crippen LogP contribution in [-0.4, -0.2) is 16.7 Å². The molecular weight excluding hydrogens is 339 g/mol. The Morgan fingerprint density at radius 3 is 2.58 bits per heavy atom. The number of aromatic amines is 1. The van der Waals surface area contributed by atoms with E-state index >= 15 is 0 Å². The summed E-state index contributed by atoms with van der Waals surface area (Å²) in [5.41, 5.74) is 4.06. The average molecular weight is 365 g/mol. The molecule has 1 N–H and O–H groups in total. The van der Waals surface area contributed by atoms with Crippen molar-refractivity contribution in [2.45, 2.75) is 33.0 Å². The number of imidazole rings is 1. The molecule has 0 aliphatic carbocycles. The molecule has 0 aliphatic rings. The minimum Gasteiger partial charge on any atom is -0.351 e. The van der Waals surface area contributed by atoms with Crippen molar-refractivity contribution >= 4 is 29.2 Å². The van der Waals surface area contributed by atoms with Gasteiger partial charge in [0.15, 0.2) is 0 Å². The second kappa shape index (κ2) is 11.4. The fraction of sp³-hybridized carbons (Fsp3) is 0.227. The summed E-state index contributed by atoms with van der Waals surface area (Å²) >= 11 is 6.19. The monoisotopic (exact) mass is 364 g/mol. The van der Waals surface area contributed by atoms with Gasteiger partial charge in [-0.3, -0.25) is 0 Å². The normalized spacial score (nSPS) is 10.4. The second-order valence-electron chi connectivity index (χ2n) is 6.18. The minimum absolute atomic E-state index is 0.409. The number of hydrogen-bond donors (Lipinski definition) is 1.